The van der Waals surface area contributed by atoms with Crippen LogP contribution in [0.5, 0.6) is 0 Å². The van der Waals surface area contributed by atoms with Gasteiger partial charge < -0.3 is 9.47 Å². The Kier molecular flexibility index (Phi) is 4.77. The lowest BCUT2D eigenvalue weighted by atomic mass is 9.71. The molecule has 0 aliphatic heterocycles. The molecule has 0 bridgehead atoms. The lowest BCUT2D eigenvalue weighted by molar-refractivity contribution is -0.385. The second-order valence-corrected chi connectivity index (χ2v) is 5.23. The van der Waals surface area contributed by atoms with E-state index in [0.29, 0.717) is 6.29 Å². The highest BCUT2D eigenvalue weighted by Crippen LogP contribution is 2.52. The average molecular weight is 333 g/mol. The molecule has 0 spiro atoms. The van der Waals surface area contributed by atoms with Crippen LogP contribution < -0.4 is 0 Å². The Bertz CT molecular complexity index is 722. The lowest BCUT2D eigenvalue weighted by Crippen LogP contribution is -2.44. The molecule has 0 saturated carbocycles. The van der Waals surface area contributed by atoms with Gasteiger partial charge in [0.1, 0.15) is 6.29 Å². The number of carbonyl (C=O) groups is 3. The smallest absolute Gasteiger partial charge is 0.324 e. The third-order valence-corrected chi connectivity index (χ3v) is 4.17. The summed E-state index contributed by atoms with van der Waals surface area (Å²) in [7, 11) is 2.20. The van der Waals surface area contributed by atoms with E-state index in [1.807, 2.05) is 0 Å². The molecule has 8 heteroatoms. The van der Waals surface area contributed by atoms with Crippen molar-refractivity contribution >= 4 is 23.9 Å². The summed E-state index contributed by atoms with van der Waals surface area (Å²) in [6, 6.07) is 5.64. The number of methoxy groups -OCH3 is 2. The summed E-state index contributed by atoms with van der Waals surface area (Å²) in [5, 5.41) is 11.3. The van der Waals surface area contributed by atoms with Gasteiger partial charge in [-0.25, -0.2) is 0 Å². The molecule has 8 nitrogen and oxygen atoms in total. The molecule has 2 rings (SSSR count). The number of allylic oxidation sites excluding steroid dienone is 2. The van der Waals surface area contributed by atoms with Gasteiger partial charge in [0.25, 0.3) is 5.69 Å². The van der Waals surface area contributed by atoms with Crippen LogP contribution in [-0.4, -0.2) is 37.4 Å². The van der Waals surface area contributed by atoms with Crippen LogP contribution in [0.3, 0.4) is 0 Å². The molecule has 1 aliphatic carbocycles. The SMILES string of the molecule is COC(=O)C1(C(=O)OC)CC=C(C=O)[C@H]1c1ccccc1[N+](=O)[O-]. The molecule has 0 N–H and O–H groups in total. The first kappa shape index (κ1) is 17.3. The monoisotopic (exact) mass is 333 g/mol. The van der Waals surface area contributed by atoms with Gasteiger partial charge in [0.05, 0.1) is 19.1 Å². The molecule has 1 aromatic rings. The molecule has 0 unspecified atom stereocenters. The fraction of sp³-hybridized carbons (Fsp3) is 0.312. The highest BCUT2D eigenvalue weighted by molar-refractivity contribution is 6.04. The van der Waals surface area contributed by atoms with E-state index in [1.165, 1.54) is 30.3 Å². The molecule has 0 aromatic heterocycles. The van der Waals surface area contributed by atoms with E-state index in [1.54, 1.807) is 0 Å². The minimum Gasteiger partial charge on any atom is -0.468 e. The normalized spacial score (nSPS) is 18.4. The standard InChI is InChI=1S/C16H15NO7/c1-23-14(19)16(15(20)24-2)8-7-10(9-18)13(16)11-5-3-4-6-12(11)17(21)22/h3-7,9,13H,8H2,1-2H3/t13-/m0/s1. The summed E-state index contributed by atoms with van der Waals surface area (Å²) in [5.74, 6) is -2.98. The largest absolute Gasteiger partial charge is 0.468 e. The molecule has 0 radical (unpaired) electrons. The Balaban J connectivity index is 2.75. The zero-order valence-electron chi connectivity index (χ0n) is 13.1. The van der Waals surface area contributed by atoms with Gasteiger partial charge in [0.15, 0.2) is 5.41 Å². The molecule has 126 valence electrons. The first-order valence-corrected chi connectivity index (χ1v) is 6.99. The van der Waals surface area contributed by atoms with E-state index in [9.17, 15) is 24.5 Å². The average Bonchev–Trinajstić information content (AvgIpc) is 3.00. The quantitative estimate of drug-likeness (QED) is 0.264. The summed E-state index contributed by atoms with van der Waals surface area (Å²) < 4.78 is 9.49. The number of nitrogens with zero attached hydrogens (tertiary/aromatic N) is 1. The molecule has 0 saturated heterocycles. The van der Waals surface area contributed by atoms with E-state index in [2.05, 4.69) is 0 Å². The Morgan fingerprint density at radius 2 is 1.83 bits per heavy atom. The maximum absolute atomic E-state index is 12.4. The van der Waals surface area contributed by atoms with Crippen molar-refractivity contribution in [2.45, 2.75) is 12.3 Å². The number of hydrogen-bond acceptors (Lipinski definition) is 7. The van der Waals surface area contributed by atoms with Crippen LogP contribution in [0.1, 0.15) is 17.9 Å². The molecule has 24 heavy (non-hydrogen) atoms. The molecule has 0 amide bonds. The van der Waals surface area contributed by atoms with Gasteiger partial charge in [-0.05, 0) is 12.0 Å². The lowest BCUT2D eigenvalue weighted by Gasteiger charge is -2.30. The molecular formula is C16H15NO7. The van der Waals surface area contributed by atoms with Crippen LogP contribution in [-0.2, 0) is 23.9 Å². The summed E-state index contributed by atoms with van der Waals surface area (Å²) >= 11 is 0. The van der Waals surface area contributed by atoms with Gasteiger partial charge in [-0.1, -0.05) is 24.3 Å². The third-order valence-electron chi connectivity index (χ3n) is 4.17. The highest BCUT2D eigenvalue weighted by Gasteiger charge is 2.59. The van der Waals surface area contributed by atoms with E-state index < -0.39 is 28.2 Å². The first-order chi connectivity index (χ1) is 11.4. The fourth-order valence-corrected chi connectivity index (χ4v) is 3.11. The Morgan fingerprint density at radius 1 is 1.25 bits per heavy atom. The minimum absolute atomic E-state index is 0.0779. The molecule has 0 fully saturated rings. The summed E-state index contributed by atoms with van der Waals surface area (Å²) in [5.41, 5.74) is -1.99. The minimum atomic E-state index is -1.87. The van der Waals surface area contributed by atoms with Crippen molar-refractivity contribution in [3.63, 3.8) is 0 Å². The van der Waals surface area contributed by atoms with Gasteiger partial charge in [-0.2, -0.15) is 0 Å². The van der Waals surface area contributed by atoms with Crippen molar-refractivity contribution in [2.24, 2.45) is 5.41 Å². The predicted molar refractivity (Wildman–Crippen MR) is 81.1 cm³/mol. The summed E-state index contributed by atoms with van der Waals surface area (Å²) in [6.07, 6.45) is 1.74. The number of benzene rings is 1. The second kappa shape index (κ2) is 6.61. The fourth-order valence-electron chi connectivity index (χ4n) is 3.11. The predicted octanol–water partition coefficient (Wildman–Crippen LogP) is 1.54. The Hall–Kier alpha value is -3.03. The van der Waals surface area contributed by atoms with E-state index in [4.69, 9.17) is 9.47 Å². The van der Waals surface area contributed by atoms with Gasteiger partial charge in [0, 0.05) is 17.5 Å². The number of ether oxygens (including phenoxy) is 2. The van der Waals surface area contributed by atoms with E-state index in [0.717, 1.165) is 14.2 Å². The van der Waals surface area contributed by atoms with Gasteiger partial charge >= 0.3 is 11.9 Å². The molecule has 1 aromatic carbocycles. The van der Waals surface area contributed by atoms with Crippen molar-refractivity contribution in [1.29, 1.82) is 0 Å². The number of hydrogen-bond donors (Lipinski definition) is 0. The Labute approximate surface area is 137 Å². The Morgan fingerprint density at radius 3 is 2.33 bits per heavy atom. The molecule has 1 atom stereocenters. The zero-order chi connectivity index (χ0) is 17.9. The van der Waals surface area contributed by atoms with Crippen LogP contribution in [0.4, 0.5) is 5.69 Å². The van der Waals surface area contributed by atoms with Gasteiger partial charge in [0.2, 0.25) is 0 Å². The number of nitro groups is 1. The van der Waals surface area contributed by atoms with Crippen LogP contribution in [0.15, 0.2) is 35.9 Å². The van der Waals surface area contributed by atoms with Crippen molar-refractivity contribution in [2.75, 3.05) is 14.2 Å². The summed E-state index contributed by atoms with van der Waals surface area (Å²) in [4.78, 5) is 47.0. The van der Waals surface area contributed by atoms with Crippen LogP contribution >= 0.6 is 0 Å². The van der Waals surface area contributed by atoms with Crippen LogP contribution in [0.2, 0.25) is 0 Å². The third kappa shape index (κ3) is 2.45. The number of rotatable bonds is 5. The molecule has 0 heterocycles. The molecular weight excluding hydrogens is 318 g/mol. The molecule has 1 aliphatic rings. The van der Waals surface area contributed by atoms with E-state index in [-0.39, 0.29) is 23.2 Å². The zero-order valence-corrected chi connectivity index (χ0v) is 13.1. The number of carbonyl (C=O) groups excluding carboxylic acids is 3. The van der Waals surface area contributed by atoms with Crippen molar-refractivity contribution in [1.82, 2.24) is 0 Å². The number of esters is 2. The van der Waals surface area contributed by atoms with Crippen LogP contribution in [0, 0.1) is 15.5 Å². The number of para-hydroxylation sites is 1. The maximum Gasteiger partial charge on any atom is 0.324 e. The number of nitro benzene ring substituents is 1. The highest BCUT2D eigenvalue weighted by atomic mass is 16.6. The van der Waals surface area contributed by atoms with Gasteiger partial charge in [-0.15, -0.1) is 0 Å². The topological polar surface area (TPSA) is 113 Å². The van der Waals surface area contributed by atoms with Crippen molar-refractivity contribution in [3.05, 3.63) is 51.6 Å². The van der Waals surface area contributed by atoms with Gasteiger partial charge in [-0.3, -0.25) is 24.5 Å². The van der Waals surface area contributed by atoms with Crippen molar-refractivity contribution in [3.8, 4) is 0 Å². The number of aldehydes is 1. The van der Waals surface area contributed by atoms with E-state index >= 15 is 0 Å². The second-order valence-electron chi connectivity index (χ2n) is 5.23. The van der Waals surface area contributed by atoms with Crippen LogP contribution in [0.25, 0.3) is 0 Å². The summed E-state index contributed by atoms with van der Waals surface area (Å²) in [6.45, 7) is 0. The first-order valence-electron chi connectivity index (χ1n) is 6.99. The van der Waals surface area contributed by atoms with Crippen molar-refractivity contribution < 1.29 is 28.8 Å². The maximum atomic E-state index is 12.4.